The summed E-state index contributed by atoms with van der Waals surface area (Å²) < 4.78 is 16.6. The molecule has 0 aromatic rings. The maximum Gasteiger partial charge on any atom is 0.306 e. The molecule has 0 aliphatic rings. The zero-order valence-electron chi connectivity index (χ0n) is 36.5. The molecule has 1 atom stereocenters. The van der Waals surface area contributed by atoms with Gasteiger partial charge in [-0.2, -0.15) is 0 Å². The van der Waals surface area contributed by atoms with Gasteiger partial charge in [0, 0.05) is 19.3 Å². The molecule has 6 heteroatoms. The van der Waals surface area contributed by atoms with E-state index in [0.717, 1.165) is 64.2 Å². The predicted molar refractivity (Wildman–Crippen MR) is 229 cm³/mol. The third-order valence-corrected chi connectivity index (χ3v) is 10.9. The maximum atomic E-state index is 12.5. The molecule has 0 heterocycles. The van der Waals surface area contributed by atoms with Gasteiger partial charge in [0.2, 0.25) is 0 Å². The van der Waals surface area contributed by atoms with Crippen LogP contribution >= 0.6 is 0 Å². The Balaban J connectivity index is 4.08. The summed E-state index contributed by atoms with van der Waals surface area (Å²) in [5, 5.41) is 0. The first kappa shape index (κ1) is 52.4. The fourth-order valence-corrected chi connectivity index (χ4v) is 7.21. The van der Waals surface area contributed by atoms with Crippen LogP contribution in [0, 0.1) is 0 Å². The Morgan fingerprint density at radius 3 is 0.741 bits per heavy atom. The lowest BCUT2D eigenvalue weighted by Crippen LogP contribution is -2.30. The Bertz CT molecular complexity index is 798. The molecule has 0 bridgehead atoms. The number of ether oxygens (including phenoxy) is 3. The van der Waals surface area contributed by atoms with Gasteiger partial charge < -0.3 is 14.2 Å². The van der Waals surface area contributed by atoms with Gasteiger partial charge in [0.05, 0.1) is 0 Å². The lowest BCUT2D eigenvalue weighted by atomic mass is 10.0. The van der Waals surface area contributed by atoms with Crippen molar-refractivity contribution in [3.05, 3.63) is 0 Å². The van der Waals surface area contributed by atoms with Crippen LogP contribution < -0.4 is 0 Å². The molecule has 54 heavy (non-hydrogen) atoms. The van der Waals surface area contributed by atoms with Crippen molar-refractivity contribution in [2.24, 2.45) is 0 Å². The largest absolute Gasteiger partial charge is 0.462 e. The fraction of sp³-hybridized carbons (Fsp3) is 0.938. The first-order valence-corrected chi connectivity index (χ1v) is 24.0. The van der Waals surface area contributed by atoms with E-state index in [1.54, 1.807) is 0 Å². The number of esters is 3. The fourth-order valence-electron chi connectivity index (χ4n) is 7.21. The van der Waals surface area contributed by atoms with E-state index in [0.29, 0.717) is 19.3 Å². The lowest BCUT2D eigenvalue weighted by molar-refractivity contribution is -0.167. The Morgan fingerprint density at radius 2 is 0.500 bits per heavy atom. The normalized spacial score (nSPS) is 11.8. The highest BCUT2D eigenvalue weighted by Gasteiger charge is 2.19. The number of carbonyl (C=O) groups is 3. The molecular formula is C48H92O6. The van der Waals surface area contributed by atoms with E-state index < -0.39 is 6.10 Å². The SMILES string of the molecule is CCCCCCCCCCCCCCCCCCCC(=O)OC[C@H](COC(=O)CCCCCCCCCCCCCCCC)OC(=O)CCCCCCC. The van der Waals surface area contributed by atoms with Gasteiger partial charge in [-0.25, -0.2) is 0 Å². The molecule has 320 valence electrons. The summed E-state index contributed by atoms with van der Waals surface area (Å²) in [7, 11) is 0. The van der Waals surface area contributed by atoms with E-state index in [2.05, 4.69) is 20.8 Å². The molecule has 0 spiro atoms. The summed E-state index contributed by atoms with van der Waals surface area (Å²) in [6, 6.07) is 0. The first-order valence-electron chi connectivity index (χ1n) is 24.0. The van der Waals surface area contributed by atoms with Crippen LogP contribution in [0.5, 0.6) is 0 Å². The minimum Gasteiger partial charge on any atom is -0.462 e. The van der Waals surface area contributed by atoms with Crippen LogP contribution in [-0.2, 0) is 28.6 Å². The molecule has 0 unspecified atom stereocenters. The minimum atomic E-state index is -0.757. The van der Waals surface area contributed by atoms with Crippen molar-refractivity contribution < 1.29 is 28.6 Å². The molecule has 0 rings (SSSR count). The summed E-state index contributed by atoms with van der Waals surface area (Å²) in [5.74, 6) is -0.863. The molecule has 0 aliphatic carbocycles. The van der Waals surface area contributed by atoms with Gasteiger partial charge in [0.15, 0.2) is 6.10 Å². The van der Waals surface area contributed by atoms with Gasteiger partial charge in [-0.15, -0.1) is 0 Å². The van der Waals surface area contributed by atoms with E-state index in [-0.39, 0.29) is 31.1 Å². The van der Waals surface area contributed by atoms with Gasteiger partial charge >= 0.3 is 17.9 Å². The average Bonchev–Trinajstić information content (AvgIpc) is 3.17. The molecule has 0 saturated carbocycles. The molecule has 0 aliphatic heterocycles. The maximum absolute atomic E-state index is 12.5. The van der Waals surface area contributed by atoms with Gasteiger partial charge in [0.1, 0.15) is 13.2 Å². The number of rotatable bonds is 44. The van der Waals surface area contributed by atoms with Crippen LogP contribution in [0.1, 0.15) is 271 Å². The van der Waals surface area contributed by atoms with E-state index in [9.17, 15) is 14.4 Å². The molecule has 0 fully saturated rings. The number of hydrogen-bond donors (Lipinski definition) is 0. The van der Waals surface area contributed by atoms with Gasteiger partial charge in [-0.1, -0.05) is 233 Å². The molecule has 0 radical (unpaired) electrons. The number of carbonyl (C=O) groups excluding carboxylic acids is 3. The van der Waals surface area contributed by atoms with Crippen LogP contribution in [0.15, 0.2) is 0 Å². The number of unbranched alkanes of at least 4 members (excludes halogenated alkanes) is 33. The second kappa shape index (κ2) is 44.1. The van der Waals surface area contributed by atoms with Crippen molar-refractivity contribution in [2.75, 3.05) is 13.2 Å². The molecule has 0 aromatic heterocycles. The molecule has 0 aromatic carbocycles. The monoisotopic (exact) mass is 765 g/mol. The summed E-state index contributed by atoms with van der Waals surface area (Å²) in [6.45, 7) is 6.59. The van der Waals surface area contributed by atoms with Crippen molar-refractivity contribution in [3.63, 3.8) is 0 Å². The van der Waals surface area contributed by atoms with Gasteiger partial charge in [-0.3, -0.25) is 14.4 Å². The van der Waals surface area contributed by atoms with Crippen molar-refractivity contribution in [1.82, 2.24) is 0 Å². The highest BCUT2D eigenvalue weighted by atomic mass is 16.6. The van der Waals surface area contributed by atoms with E-state index in [4.69, 9.17) is 14.2 Å². The number of hydrogen-bond acceptors (Lipinski definition) is 6. The minimum absolute atomic E-state index is 0.0640. The van der Waals surface area contributed by atoms with E-state index in [1.165, 1.54) is 167 Å². The average molecular weight is 765 g/mol. The summed E-state index contributed by atoms with van der Waals surface area (Å²) in [4.78, 5) is 37.5. The molecule has 0 saturated heterocycles. The van der Waals surface area contributed by atoms with Gasteiger partial charge in [0.25, 0.3) is 0 Å². The Hall–Kier alpha value is -1.59. The standard InChI is InChI=1S/C48H92O6/c1-4-7-10-13-15-17-19-21-23-24-25-27-29-31-33-36-38-41-47(50)53-44-45(54-48(51)42-39-34-12-9-6-3)43-52-46(49)40-37-35-32-30-28-26-22-20-18-16-14-11-8-5-2/h45H,4-44H2,1-3H3/t45-/m0/s1. The third kappa shape index (κ3) is 41.6. The summed E-state index contributed by atoms with van der Waals surface area (Å²) in [6.07, 6.45) is 45.5. The van der Waals surface area contributed by atoms with Crippen LogP contribution in [0.4, 0.5) is 0 Å². The zero-order chi connectivity index (χ0) is 39.4. The molecule has 6 nitrogen and oxygen atoms in total. The van der Waals surface area contributed by atoms with Crippen LogP contribution in [0.25, 0.3) is 0 Å². The van der Waals surface area contributed by atoms with Crippen LogP contribution in [0.2, 0.25) is 0 Å². The quantitative estimate of drug-likeness (QED) is 0.0349. The van der Waals surface area contributed by atoms with Crippen LogP contribution in [0.3, 0.4) is 0 Å². The first-order chi connectivity index (χ1) is 26.5. The Morgan fingerprint density at radius 1 is 0.296 bits per heavy atom. The topological polar surface area (TPSA) is 78.9 Å². The van der Waals surface area contributed by atoms with Crippen LogP contribution in [-0.4, -0.2) is 37.2 Å². The van der Waals surface area contributed by atoms with Crippen molar-refractivity contribution >= 4 is 17.9 Å². The second-order valence-corrected chi connectivity index (χ2v) is 16.4. The molecule has 0 N–H and O–H groups in total. The third-order valence-electron chi connectivity index (χ3n) is 10.9. The highest BCUT2D eigenvalue weighted by molar-refractivity contribution is 5.71. The van der Waals surface area contributed by atoms with E-state index in [1.807, 2.05) is 0 Å². The Kier molecular flexibility index (Phi) is 42.8. The zero-order valence-corrected chi connectivity index (χ0v) is 36.5. The van der Waals surface area contributed by atoms with E-state index >= 15 is 0 Å². The highest BCUT2D eigenvalue weighted by Crippen LogP contribution is 2.16. The predicted octanol–water partition coefficient (Wildman–Crippen LogP) is 15.3. The second-order valence-electron chi connectivity index (χ2n) is 16.4. The smallest absolute Gasteiger partial charge is 0.306 e. The van der Waals surface area contributed by atoms with Gasteiger partial charge in [-0.05, 0) is 19.3 Å². The summed E-state index contributed by atoms with van der Waals surface area (Å²) in [5.41, 5.74) is 0. The Labute approximate surface area is 336 Å². The van der Waals surface area contributed by atoms with Crippen molar-refractivity contribution in [1.29, 1.82) is 0 Å². The molecule has 0 amide bonds. The van der Waals surface area contributed by atoms with Crippen molar-refractivity contribution in [2.45, 2.75) is 277 Å². The molecular weight excluding hydrogens is 673 g/mol. The van der Waals surface area contributed by atoms with Crippen molar-refractivity contribution in [3.8, 4) is 0 Å². The summed E-state index contributed by atoms with van der Waals surface area (Å²) >= 11 is 0. The lowest BCUT2D eigenvalue weighted by Gasteiger charge is -2.18.